The lowest BCUT2D eigenvalue weighted by Crippen LogP contribution is -2.29. The number of nitrogens with one attached hydrogen (secondary N) is 1. The van der Waals surface area contributed by atoms with E-state index in [2.05, 4.69) is 10.5 Å². The molecule has 0 radical (unpaired) electrons. The van der Waals surface area contributed by atoms with Crippen molar-refractivity contribution in [2.24, 2.45) is 0 Å². The first-order chi connectivity index (χ1) is 7.20. The summed E-state index contributed by atoms with van der Waals surface area (Å²) < 4.78 is 4.83. The molecule has 1 aromatic heterocycles. The Morgan fingerprint density at radius 3 is 3.07 bits per heavy atom. The number of hydrogen-bond acceptors (Lipinski definition) is 4. The first kappa shape index (κ1) is 10.2. The van der Waals surface area contributed by atoms with Crippen molar-refractivity contribution in [3.63, 3.8) is 0 Å². The number of rotatable bonds is 2. The summed E-state index contributed by atoms with van der Waals surface area (Å²) in [6, 6.07) is 0. The van der Waals surface area contributed by atoms with E-state index in [0.29, 0.717) is 5.69 Å². The number of aryl methyl sites for hydroxylation is 1. The van der Waals surface area contributed by atoms with Gasteiger partial charge in [0, 0.05) is 18.0 Å². The third-order valence-electron chi connectivity index (χ3n) is 2.81. The predicted octanol–water partition coefficient (Wildman–Crippen LogP) is 1.15. The molecule has 1 fully saturated rings. The van der Waals surface area contributed by atoms with E-state index in [9.17, 15) is 4.79 Å². The lowest BCUT2D eigenvalue weighted by Gasteiger charge is -2.22. The largest absolute Gasteiger partial charge is 0.475 e. The summed E-state index contributed by atoms with van der Waals surface area (Å²) in [4.78, 5) is 10.9. The number of hydrogen-bond donors (Lipinski definition) is 2. The maximum absolute atomic E-state index is 10.9. The van der Waals surface area contributed by atoms with Gasteiger partial charge in [-0.3, -0.25) is 0 Å². The predicted molar refractivity (Wildman–Crippen MR) is 53.0 cm³/mol. The highest BCUT2D eigenvalue weighted by atomic mass is 16.5. The molecular weight excluding hydrogens is 196 g/mol. The molecule has 1 aliphatic heterocycles. The van der Waals surface area contributed by atoms with E-state index in [-0.39, 0.29) is 11.7 Å². The minimum absolute atomic E-state index is 0.00111. The smallest absolute Gasteiger partial charge is 0.375 e. The van der Waals surface area contributed by atoms with Crippen LogP contribution in [0.5, 0.6) is 0 Å². The zero-order valence-electron chi connectivity index (χ0n) is 8.62. The zero-order valence-corrected chi connectivity index (χ0v) is 8.62. The minimum atomic E-state index is -1.03. The van der Waals surface area contributed by atoms with Crippen molar-refractivity contribution in [3.05, 3.63) is 17.0 Å². The van der Waals surface area contributed by atoms with Crippen molar-refractivity contribution in [3.8, 4) is 0 Å². The Kier molecular flexibility index (Phi) is 2.73. The highest BCUT2D eigenvalue weighted by molar-refractivity contribution is 5.86. The molecule has 0 aliphatic carbocycles. The van der Waals surface area contributed by atoms with E-state index in [1.54, 1.807) is 6.92 Å². The van der Waals surface area contributed by atoms with Gasteiger partial charge in [0.2, 0.25) is 5.76 Å². The van der Waals surface area contributed by atoms with Crippen LogP contribution in [-0.4, -0.2) is 29.3 Å². The van der Waals surface area contributed by atoms with Crippen LogP contribution in [0.1, 0.15) is 40.6 Å². The number of carboxylic acid groups (broad SMARTS) is 1. The second-order valence-corrected chi connectivity index (χ2v) is 3.86. The number of aromatic carboxylic acids is 1. The molecule has 0 saturated carbocycles. The molecule has 1 aromatic rings. The van der Waals surface area contributed by atoms with Gasteiger partial charge >= 0.3 is 5.97 Å². The van der Waals surface area contributed by atoms with Crippen molar-refractivity contribution >= 4 is 5.97 Å². The number of nitrogens with zero attached hydrogens (tertiary/aromatic N) is 1. The Balaban J connectivity index is 2.32. The van der Waals surface area contributed by atoms with Crippen molar-refractivity contribution in [1.82, 2.24) is 10.5 Å². The topological polar surface area (TPSA) is 75.4 Å². The molecule has 0 amide bonds. The van der Waals surface area contributed by atoms with Crippen LogP contribution in [0.25, 0.3) is 0 Å². The molecule has 82 valence electrons. The summed E-state index contributed by atoms with van der Waals surface area (Å²) >= 11 is 0. The zero-order chi connectivity index (χ0) is 10.8. The molecule has 2 heterocycles. The van der Waals surface area contributed by atoms with Gasteiger partial charge in [-0.25, -0.2) is 4.79 Å². The molecule has 5 heteroatoms. The Labute approximate surface area is 87.5 Å². The fraction of sp³-hybridized carbons (Fsp3) is 0.600. The van der Waals surface area contributed by atoms with Gasteiger partial charge < -0.3 is 14.9 Å². The maximum atomic E-state index is 10.9. The van der Waals surface area contributed by atoms with Crippen LogP contribution in [0.3, 0.4) is 0 Å². The van der Waals surface area contributed by atoms with Gasteiger partial charge in [-0.05, 0) is 26.3 Å². The quantitative estimate of drug-likeness (QED) is 0.765. The Morgan fingerprint density at radius 1 is 1.67 bits per heavy atom. The lowest BCUT2D eigenvalue weighted by atomic mass is 9.90. The van der Waals surface area contributed by atoms with Crippen LogP contribution in [0.2, 0.25) is 0 Å². The first-order valence-electron chi connectivity index (χ1n) is 5.10. The molecule has 0 aromatic carbocycles. The standard InChI is InChI=1S/C10H14N2O3/c1-6-8(7-3-2-4-11-5-7)9(10(13)14)15-12-6/h7,11H,2-5H2,1H3,(H,13,14). The van der Waals surface area contributed by atoms with Gasteiger partial charge in [0.25, 0.3) is 0 Å². The Bertz CT molecular complexity index is 367. The molecule has 2 rings (SSSR count). The van der Waals surface area contributed by atoms with E-state index >= 15 is 0 Å². The van der Waals surface area contributed by atoms with Crippen LogP contribution in [0, 0.1) is 6.92 Å². The second kappa shape index (κ2) is 4.02. The molecular formula is C10H14N2O3. The first-order valence-corrected chi connectivity index (χ1v) is 5.10. The van der Waals surface area contributed by atoms with Crippen molar-refractivity contribution < 1.29 is 14.4 Å². The second-order valence-electron chi connectivity index (χ2n) is 3.86. The van der Waals surface area contributed by atoms with Gasteiger partial charge in [-0.1, -0.05) is 5.16 Å². The number of piperidine rings is 1. The average molecular weight is 210 g/mol. The van der Waals surface area contributed by atoms with Crippen LogP contribution in [-0.2, 0) is 0 Å². The number of aromatic nitrogens is 1. The summed E-state index contributed by atoms with van der Waals surface area (Å²) in [7, 11) is 0. The van der Waals surface area contributed by atoms with E-state index in [0.717, 1.165) is 31.5 Å². The van der Waals surface area contributed by atoms with Crippen LogP contribution in [0.15, 0.2) is 4.52 Å². The van der Waals surface area contributed by atoms with Gasteiger partial charge in [0.1, 0.15) is 0 Å². The van der Waals surface area contributed by atoms with E-state index in [1.807, 2.05) is 0 Å². The van der Waals surface area contributed by atoms with Gasteiger partial charge in [-0.2, -0.15) is 0 Å². The summed E-state index contributed by atoms with van der Waals surface area (Å²) in [6.07, 6.45) is 2.06. The summed E-state index contributed by atoms with van der Waals surface area (Å²) in [6.45, 7) is 3.60. The third kappa shape index (κ3) is 1.87. The Morgan fingerprint density at radius 2 is 2.47 bits per heavy atom. The van der Waals surface area contributed by atoms with Gasteiger partial charge in [0.15, 0.2) is 0 Å². The molecule has 2 N–H and O–H groups in total. The summed E-state index contributed by atoms with van der Waals surface area (Å²) in [5, 5.41) is 15.9. The molecule has 1 saturated heterocycles. The summed E-state index contributed by atoms with van der Waals surface area (Å²) in [5.74, 6) is -0.812. The average Bonchev–Trinajstić information content (AvgIpc) is 2.61. The fourth-order valence-electron chi connectivity index (χ4n) is 2.11. The molecule has 1 aliphatic rings. The third-order valence-corrected chi connectivity index (χ3v) is 2.81. The van der Waals surface area contributed by atoms with Gasteiger partial charge in [0.05, 0.1) is 5.69 Å². The van der Waals surface area contributed by atoms with Crippen LogP contribution < -0.4 is 5.32 Å². The van der Waals surface area contributed by atoms with E-state index in [1.165, 1.54) is 0 Å². The van der Waals surface area contributed by atoms with Crippen molar-refractivity contribution in [2.45, 2.75) is 25.7 Å². The van der Waals surface area contributed by atoms with Gasteiger partial charge in [-0.15, -0.1) is 0 Å². The SMILES string of the molecule is Cc1noc(C(=O)O)c1C1CCCNC1. The Hall–Kier alpha value is -1.36. The lowest BCUT2D eigenvalue weighted by molar-refractivity contribution is 0.0649. The molecule has 1 unspecified atom stereocenters. The van der Waals surface area contributed by atoms with Crippen LogP contribution >= 0.6 is 0 Å². The normalized spacial score (nSPS) is 21.5. The maximum Gasteiger partial charge on any atom is 0.375 e. The molecule has 0 bridgehead atoms. The number of carbonyl (C=O) groups is 1. The molecule has 15 heavy (non-hydrogen) atoms. The van der Waals surface area contributed by atoms with Crippen molar-refractivity contribution in [1.29, 1.82) is 0 Å². The molecule has 1 atom stereocenters. The molecule has 5 nitrogen and oxygen atoms in total. The molecule has 0 spiro atoms. The van der Waals surface area contributed by atoms with Crippen molar-refractivity contribution in [2.75, 3.05) is 13.1 Å². The minimum Gasteiger partial charge on any atom is -0.475 e. The highest BCUT2D eigenvalue weighted by Crippen LogP contribution is 2.28. The van der Waals surface area contributed by atoms with E-state index < -0.39 is 5.97 Å². The van der Waals surface area contributed by atoms with E-state index in [4.69, 9.17) is 9.63 Å². The monoisotopic (exact) mass is 210 g/mol. The fourth-order valence-corrected chi connectivity index (χ4v) is 2.11. The highest BCUT2D eigenvalue weighted by Gasteiger charge is 2.27. The van der Waals surface area contributed by atoms with Crippen LogP contribution in [0.4, 0.5) is 0 Å². The number of carboxylic acids is 1. The summed E-state index contributed by atoms with van der Waals surface area (Å²) in [5.41, 5.74) is 1.45.